The van der Waals surface area contributed by atoms with Gasteiger partial charge < -0.3 is 9.64 Å². The zero-order chi connectivity index (χ0) is 14.8. The average molecular weight is 275 g/mol. The van der Waals surface area contributed by atoms with Crippen LogP contribution in [0.25, 0.3) is 0 Å². The molecule has 0 bridgehead atoms. The van der Waals surface area contributed by atoms with Crippen LogP contribution in [0.4, 0.5) is 0 Å². The van der Waals surface area contributed by atoms with E-state index in [9.17, 15) is 4.79 Å². The average Bonchev–Trinajstić information content (AvgIpc) is 2.44. The smallest absolute Gasteiger partial charge is 0.222 e. The van der Waals surface area contributed by atoms with Gasteiger partial charge in [0.25, 0.3) is 0 Å². The molecule has 3 heteroatoms. The Labute approximate surface area is 121 Å². The van der Waals surface area contributed by atoms with E-state index in [4.69, 9.17) is 4.74 Å². The molecule has 0 spiro atoms. The molecule has 0 radical (unpaired) electrons. The van der Waals surface area contributed by atoms with E-state index in [2.05, 4.69) is 31.2 Å². The van der Waals surface area contributed by atoms with Crippen LogP contribution in [0.2, 0.25) is 0 Å². The molecule has 20 heavy (non-hydrogen) atoms. The first-order valence-corrected chi connectivity index (χ1v) is 7.25. The van der Waals surface area contributed by atoms with Gasteiger partial charge in [-0.2, -0.15) is 0 Å². The molecule has 0 aliphatic carbocycles. The Bertz CT molecular complexity index is 469. The van der Waals surface area contributed by atoms with E-state index in [1.807, 2.05) is 24.8 Å². The van der Waals surface area contributed by atoms with Gasteiger partial charge in [-0.05, 0) is 25.8 Å². The van der Waals surface area contributed by atoms with E-state index < -0.39 is 0 Å². The Hall–Kier alpha value is -1.35. The molecule has 0 aromatic heterocycles. The van der Waals surface area contributed by atoms with Gasteiger partial charge in [0.2, 0.25) is 5.91 Å². The second-order valence-electron chi connectivity index (χ2n) is 6.64. The Morgan fingerprint density at radius 2 is 1.95 bits per heavy atom. The van der Waals surface area contributed by atoms with Crippen LogP contribution in [0.1, 0.15) is 39.2 Å². The lowest BCUT2D eigenvalue weighted by atomic mass is 9.75. The molecule has 2 rings (SSSR count). The van der Waals surface area contributed by atoms with Gasteiger partial charge >= 0.3 is 0 Å². The monoisotopic (exact) mass is 275 g/mol. The van der Waals surface area contributed by atoms with Crippen molar-refractivity contribution < 1.29 is 9.53 Å². The SMILES string of the molecule is COC(C)(C)CN1CC(C)(c2ccccc2)CCC1=O. The van der Waals surface area contributed by atoms with Crippen molar-refractivity contribution in [2.75, 3.05) is 20.2 Å². The van der Waals surface area contributed by atoms with Crippen molar-refractivity contribution in [1.82, 2.24) is 4.90 Å². The number of ether oxygens (including phenoxy) is 1. The Kier molecular flexibility index (Phi) is 4.19. The fourth-order valence-corrected chi connectivity index (χ4v) is 2.87. The third-order valence-corrected chi connectivity index (χ3v) is 4.38. The summed E-state index contributed by atoms with van der Waals surface area (Å²) in [5.74, 6) is 0.239. The van der Waals surface area contributed by atoms with Crippen LogP contribution in [0.5, 0.6) is 0 Å². The molecule has 1 fully saturated rings. The van der Waals surface area contributed by atoms with E-state index in [0.29, 0.717) is 13.0 Å². The van der Waals surface area contributed by atoms with Gasteiger partial charge in [-0.25, -0.2) is 0 Å². The van der Waals surface area contributed by atoms with Crippen molar-refractivity contribution in [2.45, 2.75) is 44.6 Å². The largest absolute Gasteiger partial charge is 0.377 e. The summed E-state index contributed by atoms with van der Waals surface area (Å²) in [6, 6.07) is 10.5. The normalized spacial score (nSPS) is 24.0. The van der Waals surface area contributed by atoms with E-state index in [1.165, 1.54) is 5.56 Å². The standard InChI is InChI=1S/C17H25NO2/c1-16(2,20-4)12-18-13-17(3,11-10-15(18)19)14-8-6-5-7-9-14/h5-9H,10-13H2,1-4H3. The predicted octanol–water partition coefficient (Wildman–Crippen LogP) is 2.99. The Balaban J connectivity index is 2.17. The molecule has 1 saturated heterocycles. The van der Waals surface area contributed by atoms with Gasteiger partial charge in [-0.1, -0.05) is 37.3 Å². The van der Waals surface area contributed by atoms with Crippen molar-refractivity contribution in [3.05, 3.63) is 35.9 Å². The summed E-state index contributed by atoms with van der Waals surface area (Å²) in [5, 5.41) is 0. The van der Waals surface area contributed by atoms with Crippen molar-refractivity contribution >= 4 is 5.91 Å². The number of methoxy groups -OCH3 is 1. The van der Waals surface area contributed by atoms with Crippen LogP contribution in [-0.2, 0) is 14.9 Å². The number of rotatable bonds is 4. The van der Waals surface area contributed by atoms with Crippen LogP contribution in [-0.4, -0.2) is 36.6 Å². The summed E-state index contributed by atoms with van der Waals surface area (Å²) in [6.45, 7) is 7.71. The molecular weight excluding hydrogens is 250 g/mol. The number of carbonyl (C=O) groups excluding carboxylic acids is 1. The van der Waals surface area contributed by atoms with Gasteiger partial charge in [0.1, 0.15) is 0 Å². The molecule has 1 aromatic rings. The molecule has 1 aliphatic rings. The van der Waals surface area contributed by atoms with E-state index >= 15 is 0 Å². The zero-order valence-electron chi connectivity index (χ0n) is 13.0. The van der Waals surface area contributed by atoms with Crippen LogP contribution < -0.4 is 0 Å². The molecule has 1 aromatic carbocycles. The lowest BCUT2D eigenvalue weighted by Crippen LogP contribution is -2.52. The summed E-state index contributed by atoms with van der Waals surface area (Å²) < 4.78 is 5.47. The topological polar surface area (TPSA) is 29.5 Å². The van der Waals surface area contributed by atoms with Crippen molar-refractivity contribution in [1.29, 1.82) is 0 Å². The first kappa shape index (κ1) is 15.0. The zero-order valence-corrected chi connectivity index (χ0v) is 13.0. The maximum Gasteiger partial charge on any atom is 0.222 e. The van der Waals surface area contributed by atoms with Crippen LogP contribution in [0.3, 0.4) is 0 Å². The van der Waals surface area contributed by atoms with Gasteiger partial charge in [-0.15, -0.1) is 0 Å². The van der Waals surface area contributed by atoms with Crippen molar-refractivity contribution in [2.24, 2.45) is 0 Å². The predicted molar refractivity (Wildman–Crippen MR) is 80.7 cm³/mol. The maximum atomic E-state index is 12.2. The molecule has 1 unspecified atom stereocenters. The number of likely N-dealkylation sites (tertiary alicyclic amines) is 1. The van der Waals surface area contributed by atoms with Gasteiger partial charge in [0.15, 0.2) is 0 Å². The lowest BCUT2D eigenvalue weighted by Gasteiger charge is -2.43. The van der Waals surface area contributed by atoms with Crippen LogP contribution >= 0.6 is 0 Å². The first-order valence-electron chi connectivity index (χ1n) is 7.25. The molecule has 3 nitrogen and oxygen atoms in total. The highest BCUT2D eigenvalue weighted by atomic mass is 16.5. The molecule has 0 N–H and O–H groups in total. The minimum atomic E-state index is -0.301. The Morgan fingerprint density at radius 1 is 1.30 bits per heavy atom. The molecule has 1 heterocycles. The third-order valence-electron chi connectivity index (χ3n) is 4.38. The highest BCUT2D eigenvalue weighted by Crippen LogP contribution is 2.34. The first-order chi connectivity index (χ1) is 9.36. The quantitative estimate of drug-likeness (QED) is 0.845. The molecule has 1 atom stereocenters. The number of hydrogen-bond donors (Lipinski definition) is 0. The van der Waals surface area contributed by atoms with E-state index in [-0.39, 0.29) is 16.9 Å². The maximum absolute atomic E-state index is 12.2. The molecule has 0 saturated carbocycles. The minimum Gasteiger partial charge on any atom is -0.377 e. The molecule has 110 valence electrons. The number of benzene rings is 1. The lowest BCUT2D eigenvalue weighted by molar-refractivity contribution is -0.139. The fourth-order valence-electron chi connectivity index (χ4n) is 2.87. The van der Waals surface area contributed by atoms with E-state index in [0.717, 1.165) is 13.0 Å². The minimum absolute atomic E-state index is 0.0407. The van der Waals surface area contributed by atoms with Crippen molar-refractivity contribution in [3.63, 3.8) is 0 Å². The summed E-state index contributed by atoms with van der Waals surface area (Å²) in [5.41, 5.74) is 1.05. The highest BCUT2D eigenvalue weighted by Gasteiger charge is 2.38. The Morgan fingerprint density at radius 3 is 2.55 bits per heavy atom. The third kappa shape index (κ3) is 3.21. The summed E-state index contributed by atoms with van der Waals surface area (Å²) in [6.07, 6.45) is 1.53. The molecule has 1 amide bonds. The van der Waals surface area contributed by atoms with Gasteiger partial charge in [0, 0.05) is 32.0 Å². The number of carbonyl (C=O) groups is 1. The number of piperidine rings is 1. The molecular formula is C17H25NO2. The molecule has 1 aliphatic heterocycles. The second-order valence-corrected chi connectivity index (χ2v) is 6.64. The van der Waals surface area contributed by atoms with E-state index in [1.54, 1.807) is 7.11 Å². The number of nitrogens with zero attached hydrogens (tertiary/aromatic N) is 1. The fraction of sp³-hybridized carbons (Fsp3) is 0.588. The van der Waals surface area contributed by atoms with Gasteiger partial charge in [-0.3, -0.25) is 4.79 Å². The second kappa shape index (κ2) is 5.57. The highest BCUT2D eigenvalue weighted by molar-refractivity contribution is 5.77. The summed E-state index contributed by atoms with van der Waals surface area (Å²) in [4.78, 5) is 14.1. The summed E-state index contributed by atoms with van der Waals surface area (Å²) in [7, 11) is 1.70. The van der Waals surface area contributed by atoms with Gasteiger partial charge in [0.05, 0.1) is 5.60 Å². The number of amides is 1. The van der Waals surface area contributed by atoms with Crippen LogP contribution in [0.15, 0.2) is 30.3 Å². The van der Waals surface area contributed by atoms with Crippen LogP contribution in [0, 0.1) is 0 Å². The summed E-state index contributed by atoms with van der Waals surface area (Å²) >= 11 is 0. The van der Waals surface area contributed by atoms with Crippen molar-refractivity contribution in [3.8, 4) is 0 Å². The number of hydrogen-bond acceptors (Lipinski definition) is 2.